The minimum atomic E-state index is -3.73. The average molecular weight is 461 g/mol. The van der Waals surface area contributed by atoms with Crippen molar-refractivity contribution in [2.45, 2.75) is 59.4 Å². The standard InChI is InChI=1S/C24H32N2O5S/c1-7-26(13-20-8-9-21-22(12-20)31-14-30-21)23(27)10-11-25-32(28,29)24-18(5)16(3)15(2)17(4)19(24)6/h8-9,12,25H,7,10-11,13-14H2,1-6H3. The number of sulfonamides is 1. The van der Waals surface area contributed by atoms with Crippen molar-refractivity contribution < 1.29 is 22.7 Å². The molecule has 3 rings (SSSR count). The molecule has 1 N–H and O–H groups in total. The van der Waals surface area contributed by atoms with Gasteiger partial charge < -0.3 is 14.4 Å². The lowest BCUT2D eigenvalue weighted by Gasteiger charge is -2.22. The van der Waals surface area contributed by atoms with Gasteiger partial charge in [-0.1, -0.05) is 6.07 Å². The van der Waals surface area contributed by atoms with Crippen LogP contribution in [0, 0.1) is 34.6 Å². The average Bonchev–Trinajstić information content (AvgIpc) is 3.22. The van der Waals surface area contributed by atoms with E-state index in [4.69, 9.17) is 9.47 Å². The first-order chi connectivity index (χ1) is 15.1. The number of rotatable bonds is 8. The van der Waals surface area contributed by atoms with Crippen LogP contribution in [0.3, 0.4) is 0 Å². The number of hydrogen-bond acceptors (Lipinski definition) is 5. The summed E-state index contributed by atoms with van der Waals surface area (Å²) in [6, 6.07) is 5.61. The molecule has 0 unspecified atom stereocenters. The summed E-state index contributed by atoms with van der Waals surface area (Å²) in [5.74, 6) is 1.26. The SMILES string of the molecule is CCN(Cc1ccc2c(c1)OCO2)C(=O)CCNS(=O)(=O)c1c(C)c(C)c(C)c(C)c1C. The van der Waals surface area contributed by atoms with Gasteiger partial charge >= 0.3 is 0 Å². The van der Waals surface area contributed by atoms with Crippen molar-refractivity contribution >= 4 is 15.9 Å². The van der Waals surface area contributed by atoms with Crippen molar-refractivity contribution in [2.24, 2.45) is 0 Å². The van der Waals surface area contributed by atoms with Gasteiger partial charge in [-0.3, -0.25) is 4.79 Å². The van der Waals surface area contributed by atoms with Gasteiger partial charge in [0.15, 0.2) is 11.5 Å². The number of carbonyl (C=O) groups is 1. The van der Waals surface area contributed by atoms with Crippen LogP contribution < -0.4 is 14.2 Å². The highest BCUT2D eigenvalue weighted by molar-refractivity contribution is 7.89. The zero-order valence-corrected chi connectivity index (χ0v) is 20.5. The fourth-order valence-corrected chi connectivity index (χ4v) is 5.65. The summed E-state index contributed by atoms with van der Waals surface area (Å²) in [6.07, 6.45) is 0.0829. The van der Waals surface area contributed by atoms with Crippen molar-refractivity contribution in [2.75, 3.05) is 19.9 Å². The van der Waals surface area contributed by atoms with E-state index in [1.54, 1.807) is 4.90 Å². The number of fused-ring (bicyclic) bond motifs is 1. The second-order valence-corrected chi connectivity index (χ2v) is 9.90. The molecule has 2 aromatic rings. The lowest BCUT2D eigenvalue weighted by Crippen LogP contribution is -2.34. The number of amides is 1. The van der Waals surface area contributed by atoms with Gasteiger partial charge in [-0.05, 0) is 87.1 Å². The lowest BCUT2D eigenvalue weighted by atomic mass is 9.95. The van der Waals surface area contributed by atoms with Crippen molar-refractivity contribution in [3.63, 3.8) is 0 Å². The Bertz CT molecular complexity index is 1110. The van der Waals surface area contributed by atoms with Crippen LogP contribution >= 0.6 is 0 Å². The van der Waals surface area contributed by atoms with Crippen molar-refractivity contribution in [1.29, 1.82) is 0 Å². The van der Waals surface area contributed by atoms with E-state index in [-0.39, 0.29) is 25.7 Å². The molecule has 1 aliphatic rings. The fraction of sp³-hybridized carbons (Fsp3) is 0.458. The summed E-state index contributed by atoms with van der Waals surface area (Å²) < 4.78 is 39.4. The van der Waals surface area contributed by atoms with Crippen LogP contribution in [0.4, 0.5) is 0 Å². The first-order valence-corrected chi connectivity index (χ1v) is 12.3. The number of nitrogens with zero attached hydrogens (tertiary/aromatic N) is 1. The van der Waals surface area contributed by atoms with Gasteiger partial charge in [0.05, 0.1) is 4.90 Å². The predicted molar refractivity (Wildman–Crippen MR) is 124 cm³/mol. The van der Waals surface area contributed by atoms with Crippen molar-refractivity contribution in [3.8, 4) is 11.5 Å². The van der Waals surface area contributed by atoms with Crippen molar-refractivity contribution in [3.05, 3.63) is 51.6 Å². The minimum absolute atomic E-state index is 0.0453. The van der Waals surface area contributed by atoms with E-state index >= 15 is 0 Å². The highest BCUT2D eigenvalue weighted by Gasteiger charge is 2.24. The van der Waals surface area contributed by atoms with E-state index in [0.717, 1.165) is 33.4 Å². The van der Waals surface area contributed by atoms with Gasteiger partial charge in [-0.15, -0.1) is 0 Å². The van der Waals surface area contributed by atoms with Crippen LogP contribution in [0.1, 0.15) is 46.7 Å². The van der Waals surface area contributed by atoms with Gasteiger partial charge in [-0.25, -0.2) is 13.1 Å². The van der Waals surface area contributed by atoms with Crippen LogP contribution in [0.2, 0.25) is 0 Å². The lowest BCUT2D eigenvalue weighted by molar-refractivity contribution is -0.131. The van der Waals surface area contributed by atoms with E-state index in [0.29, 0.717) is 29.5 Å². The molecule has 0 aromatic heterocycles. The maximum atomic E-state index is 13.0. The molecule has 8 heteroatoms. The smallest absolute Gasteiger partial charge is 0.241 e. The van der Waals surface area contributed by atoms with Crippen LogP contribution in [0.15, 0.2) is 23.1 Å². The minimum Gasteiger partial charge on any atom is -0.454 e. The van der Waals surface area contributed by atoms with Gasteiger partial charge in [0, 0.05) is 26.1 Å². The Morgan fingerprint density at radius 3 is 2.19 bits per heavy atom. The summed E-state index contributed by atoms with van der Waals surface area (Å²) in [5, 5.41) is 0. The molecule has 32 heavy (non-hydrogen) atoms. The second-order valence-electron chi connectivity index (χ2n) is 8.20. The maximum absolute atomic E-state index is 13.0. The van der Waals surface area contributed by atoms with Crippen LogP contribution in [-0.4, -0.2) is 39.1 Å². The summed E-state index contributed by atoms with van der Waals surface area (Å²) in [7, 11) is -3.73. The molecule has 0 saturated heterocycles. The summed E-state index contributed by atoms with van der Waals surface area (Å²) in [5.41, 5.74) is 5.50. The topological polar surface area (TPSA) is 84.9 Å². The molecule has 1 heterocycles. The predicted octanol–water partition coefficient (Wildman–Crippen LogP) is 3.67. The Morgan fingerprint density at radius 1 is 0.969 bits per heavy atom. The molecule has 174 valence electrons. The molecular weight excluding hydrogens is 428 g/mol. The fourth-order valence-electron chi connectivity index (χ4n) is 4.03. The quantitative estimate of drug-likeness (QED) is 0.650. The molecule has 0 saturated carbocycles. The van der Waals surface area contributed by atoms with Crippen LogP contribution in [0.5, 0.6) is 11.5 Å². The largest absolute Gasteiger partial charge is 0.454 e. The molecule has 0 radical (unpaired) electrons. The number of nitrogens with one attached hydrogen (secondary N) is 1. The Morgan fingerprint density at radius 2 is 1.56 bits per heavy atom. The summed E-state index contributed by atoms with van der Waals surface area (Å²) in [4.78, 5) is 14.8. The normalized spacial score (nSPS) is 12.8. The van der Waals surface area contributed by atoms with Gasteiger partial charge in [0.2, 0.25) is 22.7 Å². The Labute approximate surface area is 190 Å². The molecule has 0 fully saturated rings. The summed E-state index contributed by atoms with van der Waals surface area (Å²) >= 11 is 0. The van der Waals surface area contributed by atoms with E-state index in [1.165, 1.54) is 0 Å². The van der Waals surface area contributed by atoms with Crippen molar-refractivity contribution in [1.82, 2.24) is 9.62 Å². The molecule has 0 atom stereocenters. The molecule has 0 bridgehead atoms. The van der Waals surface area contributed by atoms with Crippen LogP contribution in [0.25, 0.3) is 0 Å². The highest BCUT2D eigenvalue weighted by atomic mass is 32.2. The first kappa shape index (κ1) is 24.1. The number of benzene rings is 2. The van der Waals surface area contributed by atoms with Gasteiger partial charge in [0.25, 0.3) is 0 Å². The second kappa shape index (κ2) is 9.50. The first-order valence-electron chi connectivity index (χ1n) is 10.8. The Balaban J connectivity index is 1.65. The van der Waals surface area contributed by atoms with Gasteiger partial charge in [0.1, 0.15) is 0 Å². The zero-order valence-electron chi connectivity index (χ0n) is 19.7. The van der Waals surface area contributed by atoms with E-state index < -0.39 is 10.0 Å². The van der Waals surface area contributed by atoms with Gasteiger partial charge in [-0.2, -0.15) is 0 Å². The molecule has 0 spiro atoms. The number of hydrogen-bond donors (Lipinski definition) is 1. The van der Waals surface area contributed by atoms with E-state index in [1.807, 2.05) is 59.7 Å². The van der Waals surface area contributed by atoms with E-state index in [9.17, 15) is 13.2 Å². The van der Waals surface area contributed by atoms with Crippen LogP contribution in [-0.2, 0) is 21.4 Å². The molecule has 0 aliphatic carbocycles. The maximum Gasteiger partial charge on any atom is 0.241 e. The molecule has 7 nitrogen and oxygen atoms in total. The highest BCUT2D eigenvalue weighted by Crippen LogP contribution is 2.33. The molecule has 1 amide bonds. The Hall–Kier alpha value is -2.58. The number of carbonyl (C=O) groups excluding carboxylic acids is 1. The number of ether oxygens (including phenoxy) is 2. The molecular formula is C24H32N2O5S. The third-order valence-corrected chi connectivity index (χ3v) is 8.11. The summed E-state index contributed by atoms with van der Waals surface area (Å²) in [6.45, 7) is 12.6. The third kappa shape index (κ3) is 4.76. The zero-order chi connectivity index (χ0) is 23.6. The Kier molecular flexibility index (Phi) is 7.15. The third-order valence-electron chi connectivity index (χ3n) is 6.38. The van der Waals surface area contributed by atoms with E-state index in [2.05, 4.69) is 4.72 Å². The monoisotopic (exact) mass is 460 g/mol. The molecule has 1 aliphatic heterocycles. The molecule has 2 aromatic carbocycles.